The summed E-state index contributed by atoms with van der Waals surface area (Å²) in [5.41, 5.74) is 1.69. The highest BCUT2D eigenvalue weighted by Crippen LogP contribution is 2.23. The molecule has 0 bridgehead atoms. The molecular formula is C17H11Cl2N5OS. The molecule has 26 heavy (non-hydrogen) atoms. The highest BCUT2D eigenvalue weighted by molar-refractivity contribution is 7.99. The summed E-state index contributed by atoms with van der Waals surface area (Å²) in [6, 6.07) is 14.0. The lowest BCUT2D eigenvalue weighted by atomic mass is 10.2. The molecule has 0 unspecified atom stereocenters. The minimum absolute atomic E-state index is 0.136. The van der Waals surface area contributed by atoms with Crippen molar-refractivity contribution >= 4 is 46.6 Å². The van der Waals surface area contributed by atoms with Gasteiger partial charge in [-0.3, -0.25) is 9.36 Å². The summed E-state index contributed by atoms with van der Waals surface area (Å²) in [7, 11) is 0. The van der Waals surface area contributed by atoms with E-state index in [1.807, 2.05) is 18.2 Å². The third-order valence-corrected chi connectivity index (χ3v) is 4.80. The summed E-state index contributed by atoms with van der Waals surface area (Å²) in [5, 5.41) is 21.0. The predicted molar refractivity (Wildman–Crippen MR) is 102 cm³/mol. The summed E-state index contributed by atoms with van der Waals surface area (Å²) in [6.45, 7) is 0. The number of thioether (sulfide) groups is 1. The van der Waals surface area contributed by atoms with Crippen molar-refractivity contribution < 1.29 is 4.79 Å². The van der Waals surface area contributed by atoms with Gasteiger partial charge in [0.05, 0.1) is 22.0 Å². The van der Waals surface area contributed by atoms with Crippen LogP contribution in [0.5, 0.6) is 0 Å². The highest BCUT2D eigenvalue weighted by Gasteiger charge is 2.11. The zero-order valence-corrected chi connectivity index (χ0v) is 15.5. The van der Waals surface area contributed by atoms with E-state index in [9.17, 15) is 4.79 Å². The van der Waals surface area contributed by atoms with Crippen LogP contribution in [0.25, 0.3) is 5.69 Å². The number of rotatable bonds is 5. The number of anilines is 1. The van der Waals surface area contributed by atoms with Crippen molar-refractivity contribution in [3.8, 4) is 11.8 Å². The fourth-order valence-electron chi connectivity index (χ4n) is 2.14. The van der Waals surface area contributed by atoms with Gasteiger partial charge in [0.1, 0.15) is 12.4 Å². The molecular weight excluding hydrogens is 393 g/mol. The van der Waals surface area contributed by atoms with Gasteiger partial charge in [0.25, 0.3) is 0 Å². The van der Waals surface area contributed by atoms with Crippen LogP contribution in [0.4, 0.5) is 5.69 Å². The molecule has 0 saturated heterocycles. The molecule has 1 heterocycles. The molecule has 130 valence electrons. The molecule has 2 aromatic carbocycles. The fraction of sp³-hybridized carbons (Fsp3) is 0.0588. The Morgan fingerprint density at radius 2 is 2.12 bits per heavy atom. The van der Waals surface area contributed by atoms with E-state index in [1.165, 1.54) is 17.8 Å². The summed E-state index contributed by atoms with van der Waals surface area (Å²) in [6.07, 6.45) is 1.56. The van der Waals surface area contributed by atoms with Gasteiger partial charge in [0.15, 0.2) is 5.16 Å². The number of carbonyl (C=O) groups is 1. The minimum Gasteiger partial charge on any atom is -0.325 e. The van der Waals surface area contributed by atoms with Gasteiger partial charge in [0.2, 0.25) is 5.91 Å². The molecule has 6 nitrogen and oxygen atoms in total. The Kier molecular flexibility index (Phi) is 5.78. The Balaban J connectivity index is 1.65. The first-order valence-corrected chi connectivity index (χ1v) is 9.09. The zero-order valence-electron chi connectivity index (χ0n) is 13.2. The molecule has 0 atom stereocenters. The van der Waals surface area contributed by atoms with Crippen molar-refractivity contribution in [3.05, 3.63) is 64.4 Å². The summed E-state index contributed by atoms with van der Waals surface area (Å²) < 4.78 is 1.75. The second kappa shape index (κ2) is 8.23. The largest absolute Gasteiger partial charge is 0.325 e. The van der Waals surface area contributed by atoms with Crippen LogP contribution >= 0.6 is 35.0 Å². The van der Waals surface area contributed by atoms with Crippen molar-refractivity contribution in [3.63, 3.8) is 0 Å². The van der Waals surface area contributed by atoms with Gasteiger partial charge in [-0.25, -0.2) is 0 Å². The number of hydrogen-bond donors (Lipinski definition) is 1. The number of nitrogens with one attached hydrogen (secondary N) is 1. The summed E-state index contributed by atoms with van der Waals surface area (Å²) >= 11 is 13.2. The lowest BCUT2D eigenvalue weighted by Gasteiger charge is -2.08. The average molecular weight is 404 g/mol. The van der Waals surface area contributed by atoms with Crippen LogP contribution in [0.15, 0.2) is 53.9 Å². The van der Waals surface area contributed by atoms with Gasteiger partial charge in [-0.2, -0.15) is 5.26 Å². The normalized spacial score (nSPS) is 10.3. The molecule has 0 aliphatic rings. The second-order valence-electron chi connectivity index (χ2n) is 5.11. The summed E-state index contributed by atoms with van der Waals surface area (Å²) in [5.74, 6) is -0.0897. The van der Waals surface area contributed by atoms with Gasteiger partial charge < -0.3 is 5.32 Å². The van der Waals surface area contributed by atoms with Crippen molar-refractivity contribution in [1.82, 2.24) is 14.8 Å². The lowest BCUT2D eigenvalue weighted by Crippen LogP contribution is -2.14. The van der Waals surface area contributed by atoms with E-state index in [4.69, 9.17) is 28.5 Å². The number of aromatic nitrogens is 3. The second-order valence-corrected chi connectivity index (χ2v) is 6.89. The Morgan fingerprint density at radius 3 is 2.85 bits per heavy atom. The van der Waals surface area contributed by atoms with Crippen LogP contribution in [-0.2, 0) is 4.79 Å². The number of benzene rings is 2. The van der Waals surface area contributed by atoms with Gasteiger partial charge in [-0.15, -0.1) is 10.2 Å². The van der Waals surface area contributed by atoms with E-state index in [-0.39, 0.29) is 11.7 Å². The van der Waals surface area contributed by atoms with E-state index in [0.717, 1.165) is 5.69 Å². The maximum absolute atomic E-state index is 12.2. The van der Waals surface area contributed by atoms with Crippen molar-refractivity contribution in [2.24, 2.45) is 0 Å². The predicted octanol–water partition coefficient (Wildman–Crippen LogP) is 4.18. The molecule has 0 saturated carbocycles. The number of amides is 1. The fourth-order valence-corrected chi connectivity index (χ4v) is 3.27. The number of halogens is 2. The van der Waals surface area contributed by atoms with Crippen molar-refractivity contribution in [1.29, 1.82) is 5.26 Å². The monoisotopic (exact) mass is 403 g/mol. The SMILES string of the molecule is N#Cc1ccc(NC(=O)CSc2nncn2-c2cccc(Cl)c2)cc1Cl. The van der Waals surface area contributed by atoms with E-state index in [1.54, 1.807) is 35.2 Å². The summed E-state index contributed by atoms with van der Waals surface area (Å²) in [4.78, 5) is 12.2. The van der Waals surface area contributed by atoms with Crippen LogP contribution in [-0.4, -0.2) is 26.4 Å². The number of nitrogens with zero attached hydrogens (tertiary/aromatic N) is 4. The Hall–Kier alpha value is -2.53. The first-order chi connectivity index (χ1) is 12.6. The van der Waals surface area contributed by atoms with Gasteiger partial charge in [0, 0.05) is 10.7 Å². The quantitative estimate of drug-likeness (QED) is 0.645. The van der Waals surface area contributed by atoms with E-state index in [2.05, 4.69) is 15.5 Å². The first-order valence-electron chi connectivity index (χ1n) is 7.35. The van der Waals surface area contributed by atoms with Crippen LogP contribution in [0.3, 0.4) is 0 Å². The van der Waals surface area contributed by atoms with Crippen molar-refractivity contribution in [2.75, 3.05) is 11.1 Å². The topological polar surface area (TPSA) is 83.6 Å². The zero-order chi connectivity index (χ0) is 18.5. The molecule has 0 aliphatic heterocycles. The molecule has 0 aliphatic carbocycles. The third kappa shape index (κ3) is 4.35. The Bertz CT molecular complexity index is 999. The van der Waals surface area contributed by atoms with Gasteiger partial charge in [-0.1, -0.05) is 41.0 Å². The molecule has 1 amide bonds. The maximum Gasteiger partial charge on any atom is 0.234 e. The lowest BCUT2D eigenvalue weighted by molar-refractivity contribution is -0.113. The molecule has 3 aromatic rings. The minimum atomic E-state index is -0.226. The maximum atomic E-state index is 12.2. The molecule has 9 heteroatoms. The van der Waals surface area contributed by atoms with E-state index < -0.39 is 0 Å². The molecule has 0 radical (unpaired) electrons. The van der Waals surface area contributed by atoms with Crippen LogP contribution in [0, 0.1) is 11.3 Å². The average Bonchev–Trinajstić information content (AvgIpc) is 3.09. The number of hydrogen-bond acceptors (Lipinski definition) is 5. The molecule has 0 spiro atoms. The van der Waals surface area contributed by atoms with E-state index in [0.29, 0.717) is 26.5 Å². The first kappa shape index (κ1) is 18.3. The number of nitriles is 1. The molecule has 1 N–H and O–H groups in total. The Morgan fingerprint density at radius 1 is 1.27 bits per heavy atom. The van der Waals surface area contributed by atoms with Crippen LogP contribution in [0.2, 0.25) is 10.0 Å². The van der Waals surface area contributed by atoms with Crippen LogP contribution in [0.1, 0.15) is 5.56 Å². The van der Waals surface area contributed by atoms with Crippen LogP contribution < -0.4 is 5.32 Å². The third-order valence-electron chi connectivity index (χ3n) is 3.31. The number of carbonyl (C=O) groups excluding carboxylic acids is 1. The molecule has 3 rings (SSSR count). The molecule has 0 fully saturated rings. The smallest absolute Gasteiger partial charge is 0.234 e. The van der Waals surface area contributed by atoms with Crippen molar-refractivity contribution in [2.45, 2.75) is 5.16 Å². The Labute approximate surface area is 163 Å². The standard InChI is InChI=1S/C17H11Cl2N5OS/c18-12-2-1-3-14(6-12)24-10-21-23-17(24)26-9-16(25)22-13-5-4-11(8-20)15(19)7-13/h1-7,10H,9H2,(H,22,25). The van der Waals surface area contributed by atoms with Gasteiger partial charge in [-0.05, 0) is 36.4 Å². The molecule has 1 aromatic heterocycles. The van der Waals surface area contributed by atoms with Gasteiger partial charge >= 0.3 is 0 Å². The van der Waals surface area contributed by atoms with E-state index >= 15 is 0 Å². The highest BCUT2D eigenvalue weighted by atomic mass is 35.5.